The molecule has 4 rings (SSSR count). The van der Waals surface area contributed by atoms with Gasteiger partial charge >= 0.3 is 0 Å². The van der Waals surface area contributed by atoms with Crippen LogP contribution in [0.5, 0.6) is 11.5 Å². The molecule has 30 heavy (non-hydrogen) atoms. The van der Waals surface area contributed by atoms with E-state index in [0.717, 1.165) is 11.1 Å². The minimum absolute atomic E-state index is 0.0752. The number of rotatable bonds is 4. The van der Waals surface area contributed by atoms with Crippen molar-refractivity contribution in [3.8, 4) is 11.5 Å². The van der Waals surface area contributed by atoms with E-state index >= 15 is 0 Å². The van der Waals surface area contributed by atoms with E-state index < -0.39 is 0 Å². The van der Waals surface area contributed by atoms with Crippen molar-refractivity contribution >= 4 is 11.6 Å². The maximum atomic E-state index is 11.9. The molecule has 0 atom stereocenters. The molecule has 0 bridgehead atoms. The number of hydrogen-bond donors (Lipinski definition) is 2. The maximum absolute atomic E-state index is 11.9. The normalized spacial score (nSPS) is 9.87. The van der Waals surface area contributed by atoms with Gasteiger partial charge in [-0.05, 0) is 48.5 Å². The molecule has 0 fully saturated rings. The van der Waals surface area contributed by atoms with Crippen molar-refractivity contribution in [1.82, 2.24) is 0 Å². The van der Waals surface area contributed by atoms with Gasteiger partial charge in [-0.1, -0.05) is 60.7 Å². The Morgan fingerprint density at radius 3 is 0.967 bits per heavy atom. The fraction of sp³-hybridized carbons (Fsp3) is 0. The van der Waals surface area contributed by atoms with Gasteiger partial charge in [-0.2, -0.15) is 0 Å². The average Bonchev–Trinajstić information content (AvgIpc) is 2.81. The zero-order valence-electron chi connectivity index (χ0n) is 16.1. The summed E-state index contributed by atoms with van der Waals surface area (Å²) in [6.07, 6.45) is 0. The van der Waals surface area contributed by atoms with Gasteiger partial charge in [0.05, 0.1) is 0 Å². The SMILES string of the molecule is O=C(c1ccc(O)cc1)c1ccc(O)cc1.O=C(c1ccccc1)c1ccccc1. The second-order valence-corrected chi connectivity index (χ2v) is 6.48. The van der Waals surface area contributed by atoms with Gasteiger partial charge in [0.1, 0.15) is 11.5 Å². The molecule has 0 unspecified atom stereocenters. The van der Waals surface area contributed by atoms with Crippen LogP contribution in [-0.2, 0) is 0 Å². The molecule has 0 aliphatic heterocycles. The number of ketones is 2. The summed E-state index contributed by atoms with van der Waals surface area (Å²) in [6.45, 7) is 0. The number of phenolic OH excluding ortho intramolecular Hbond substituents is 2. The van der Waals surface area contributed by atoms with E-state index in [1.807, 2.05) is 60.7 Å². The lowest BCUT2D eigenvalue weighted by atomic mass is 10.0. The molecule has 4 nitrogen and oxygen atoms in total. The topological polar surface area (TPSA) is 74.6 Å². The predicted molar refractivity (Wildman–Crippen MR) is 116 cm³/mol. The third kappa shape index (κ3) is 5.42. The van der Waals surface area contributed by atoms with Crippen molar-refractivity contribution in [2.24, 2.45) is 0 Å². The number of aromatic hydroxyl groups is 2. The third-order valence-corrected chi connectivity index (χ3v) is 4.33. The Bertz CT molecular complexity index is 1010. The van der Waals surface area contributed by atoms with Gasteiger partial charge in [0.2, 0.25) is 0 Å². The predicted octanol–water partition coefficient (Wildman–Crippen LogP) is 5.25. The van der Waals surface area contributed by atoms with Crippen LogP contribution >= 0.6 is 0 Å². The van der Waals surface area contributed by atoms with Crippen molar-refractivity contribution in [3.63, 3.8) is 0 Å². The fourth-order valence-corrected chi connectivity index (χ4v) is 2.74. The molecule has 0 radical (unpaired) electrons. The summed E-state index contributed by atoms with van der Waals surface area (Å²) in [5.74, 6) is 0.190. The molecule has 0 heterocycles. The van der Waals surface area contributed by atoms with Crippen molar-refractivity contribution in [3.05, 3.63) is 131 Å². The van der Waals surface area contributed by atoms with Crippen molar-refractivity contribution in [2.45, 2.75) is 0 Å². The Labute approximate surface area is 174 Å². The average molecular weight is 396 g/mol. The lowest BCUT2D eigenvalue weighted by Crippen LogP contribution is -2.00. The maximum Gasteiger partial charge on any atom is 0.193 e. The summed E-state index contributed by atoms with van der Waals surface area (Å²) < 4.78 is 0. The van der Waals surface area contributed by atoms with Crippen molar-refractivity contribution < 1.29 is 19.8 Å². The fourth-order valence-electron chi connectivity index (χ4n) is 2.74. The zero-order chi connectivity index (χ0) is 21.3. The van der Waals surface area contributed by atoms with Crippen LogP contribution in [0, 0.1) is 0 Å². The molecular weight excluding hydrogens is 376 g/mol. The Kier molecular flexibility index (Phi) is 6.74. The standard InChI is InChI=1S/C13H10O3.C13H10O/c14-11-5-1-9(2-6-11)13(16)10-3-7-12(15)8-4-10;14-13(11-7-3-1-4-8-11)12-9-5-2-6-10-12/h1-8,14-15H;1-10H. The molecule has 4 heteroatoms. The highest BCUT2D eigenvalue weighted by atomic mass is 16.3. The molecule has 4 aromatic carbocycles. The smallest absolute Gasteiger partial charge is 0.193 e. The van der Waals surface area contributed by atoms with Crippen LogP contribution in [-0.4, -0.2) is 21.8 Å². The van der Waals surface area contributed by atoms with E-state index in [2.05, 4.69) is 0 Å². The van der Waals surface area contributed by atoms with Gasteiger partial charge in [-0.3, -0.25) is 9.59 Å². The molecule has 0 aromatic heterocycles. The van der Waals surface area contributed by atoms with E-state index in [0.29, 0.717) is 11.1 Å². The summed E-state index contributed by atoms with van der Waals surface area (Å²) in [4.78, 5) is 23.8. The molecule has 0 aliphatic rings. The first-order chi connectivity index (χ1) is 14.5. The number of carbonyl (C=O) groups is 2. The van der Waals surface area contributed by atoms with Crippen molar-refractivity contribution in [1.29, 1.82) is 0 Å². The first-order valence-electron chi connectivity index (χ1n) is 9.32. The first-order valence-corrected chi connectivity index (χ1v) is 9.32. The quantitative estimate of drug-likeness (QED) is 0.462. The van der Waals surface area contributed by atoms with Crippen LogP contribution in [0.2, 0.25) is 0 Å². The van der Waals surface area contributed by atoms with Gasteiger partial charge in [0.15, 0.2) is 11.6 Å². The van der Waals surface area contributed by atoms with Crippen LogP contribution in [0.25, 0.3) is 0 Å². The van der Waals surface area contributed by atoms with E-state index in [1.54, 1.807) is 24.3 Å². The number of hydrogen-bond acceptors (Lipinski definition) is 4. The minimum atomic E-state index is -0.139. The van der Waals surface area contributed by atoms with Crippen LogP contribution in [0.1, 0.15) is 31.8 Å². The lowest BCUT2D eigenvalue weighted by molar-refractivity contribution is 0.103. The van der Waals surface area contributed by atoms with E-state index in [4.69, 9.17) is 10.2 Å². The second-order valence-electron chi connectivity index (χ2n) is 6.48. The molecule has 2 N–H and O–H groups in total. The molecule has 4 aromatic rings. The summed E-state index contributed by atoms with van der Waals surface area (Å²) in [5.41, 5.74) is 2.48. The van der Waals surface area contributed by atoms with E-state index in [1.165, 1.54) is 24.3 Å². The summed E-state index contributed by atoms with van der Waals surface area (Å²) in [6, 6.07) is 30.7. The summed E-state index contributed by atoms with van der Waals surface area (Å²) >= 11 is 0. The van der Waals surface area contributed by atoms with E-state index in [9.17, 15) is 9.59 Å². The number of phenols is 2. The molecule has 0 aliphatic carbocycles. The molecule has 0 spiro atoms. The van der Waals surface area contributed by atoms with Gasteiger partial charge in [0.25, 0.3) is 0 Å². The highest BCUT2D eigenvalue weighted by molar-refractivity contribution is 6.09. The lowest BCUT2D eigenvalue weighted by Gasteiger charge is -2.01. The molecule has 0 saturated carbocycles. The molecule has 148 valence electrons. The van der Waals surface area contributed by atoms with Gasteiger partial charge in [-0.15, -0.1) is 0 Å². The second kappa shape index (κ2) is 9.85. The number of benzene rings is 4. The van der Waals surface area contributed by atoms with Gasteiger partial charge < -0.3 is 10.2 Å². The Morgan fingerprint density at radius 2 is 0.667 bits per heavy atom. The highest BCUT2D eigenvalue weighted by Gasteiger charge is 2.08. The largest absolute Gasteiger partial charge is 0.508 e. The molecule has 0 saturated heterocycles. The Balaban J connectivity index is 0.000000172. The third-order valence-electron chi connectivity index (χ3n) is 4.33. The minimum Gasteiger partial charge on any atom is -0.508 e. The molecule has 0 amide bonds. The zero-order valence-corrected chi connectivity index (χ0v) is 16.1. The summed E-state index contributed by atoms with van der Waals surface area (Å²) in [5, 5.41) is 18.2. The highest BCUT2D eigenvalue weighted by Crippen LogP contribution is 2.16. The van der Waals surface area contributed by atoms with E-state index in [-0.39, 0.29) is 23.1 Å². The summed E-state index contributed by atoms with van der Waals surface area (Å²) in [7, 11) is 0. The Hall–Kier alpha value is -4.18. The van der Waals surface area contributed by atoms with Crippen LogP contribution in [0.15, 0.2) is 109 Å². The molecular formula is C26H20O4. The van der Waals surface area contributed by atoms with Gasteiger partial charge in [0, 0.05) is 22.3 Å². The first kappa shape index (κ1) is 20.6. The van der Waals surface area contributed by atoms with Gasteiger partial charge in [-0.25, -0.2) is 0 Å². The Morgan fingerprint density at radius 1 is 0.400 bits per heavy atom. The monoisotopic (exact) mass is 396 g/mol. The number of carbonyl (C=O) groups excluding carboxylic acids is 2. The van der Waals surface area contributed by atoms with Crippen molar-refractivity contribution in [2.75, 3.05) is 0 Å². The van der Waals surface area contributed by atoms with Crippen LogP contribution < -0.4 is 0 Å². The van der Waals surface area contributed by atoms with Crippen LogP contribution in [0.3, 0.4) is 0 Å². The van der Waals surface area contributed by atoms with Crippen LogP contribution in [0.4, 0.5) is 0 Å².